The zero-order valence-corrected chi connectivity index (χ0v) is 13.5. The van der Waals surface area contributed by atoms with Crippen LogP contribution in [0, 0.1) is 5.92 Å². The number of nitrogens with one attached hydrogen (secondary N) is 1. The Hall–Kier alpha value is -0.940. The van der Waals surface area contributed by atoms with Crippen LogP contribution in [0.1, 0.15) is 53.6 Å². The van der Waals surface area contributed by atoms with Crippen molar-refractivity contribution in [2.24, 2.45) is 11.7 Å². The summed E-state index contributed by atoms with van der Waals surface area (Å²) in [5.41, 5.74) is 5.85. The molecular weight excluding hydrogens is 288 g/mol. The summed E-state index contributed by atoms with van der Waals surface area (Å²) in [6.07, 6.45) is 6.86. The minimum absolute atomic E-state index is 0.0435. The number of rotatable bonds is 5. The van der Waals surface area contributed by atoms with Crippen LogP contribution in [0.25, 0.3) is 0 Å². The van der Waals surface area contributed by atoms with Gasteiger partial charge in [-0.2, -0.15) is 0 Å². The van der Waals surface area contributed by atoms with E-state index in [0.717, 1.165) is 24.1 Å². The molecule has 20 heavy (non-hydrogen) atoms. The van der Waals surface area contributed by atoms with E-state index in [1.54, 1.807) is 11.3 Å². The molecule has 1 aliphatic rings. The van der Waals surface area contributed by atoms with Gasteiger partial charge in [0.1, 0.15) is 0 Å². The van der Waals surface area contributed by atoms with E-state index in [1.165, 1.54) is 24.1 Å². The smallest absolute Gasteiger partial charge is 0.261 e. The SMILES string of the molecule is CCc1ccc(C(=O)NC(C(N)=S)C2CCCCC2)s1. The van der Waals surface area contributed by atoms with Gasteiger partial charge < -0.3 is 11.1 Å². The molecule has 1 saturated carbocycles. The normalized spacial score (nSPS) is 17.6. The van der Waals surface area contributed by atoms with E-state index in [9.17, 15) is 4.79 Å². The number of carbonyl (C=O) groups is 1. The van der Waals surface area contributed by atoms with Crippen molar-refractivity contribution in [3.05, 3.63) is 21.9 Å². The molecule has 0 aromatic carbocycles. The molecule has 0 radical (unpaired) electrons. The molecule has 1 atom stereocenters. The molecule has 3 N–H and O–H groups in total. The Morgan fingerprint density at radius 2 is 2.15 bits per heavy atom. The third-order valence-corrected chi connectivity index (χ3v) is 5.43. The van der Waals surface area contributed by atoms with Crippen molar-refractivity contribution in [1.29, 1.82) is 0 Å². The molecule has 1 aromatic rings. The highest BCUT2D eigenvalue weighted by Gasteiger charge is 2.27. The number of amides is 1. The highest BCUT2D eigenvalue weighted by Crippen LogP contribution is 2.27. The number of nitrogens with two attached hydrogens (primary N) is 1. The summed E-state index contributed by atoms with van der Waals surface area (Å²) in [7, 11) is 0. The van der Waals surface area contributed by atoms with Crippen molar-refractivity contribution in [2.75, 3.05) is 0 Å². The average molecular weight is 310 g/mol. The zero-order valence-electron chi connectivity index (χ0n) is 11.9. The van der Waals surface area contributed by atoms with E-state index in [4.69, 9.17) is 18.0 Å². The van der Waals surface area contributed by atoms with Crippen molar-refractivity contribution in [3.8, 4) is 0 Å². The van der Waals surface area contributed by atoms with Crippen molar-refractivity contribution < 1.29 is 4.79 Å². The van der Waals surface area contributed by atoms with Gasteiger partial charge in [0.2, 0.25) is 0 Å². The molecule has 0 bridgehead atoms. The Balaban J connectivity index is 2.03. The maximum absolute atomic E-state index is 12.3. The lowest BCUT2D eigenvalue weighted by Crippen LogP contribution is -2.48. The predicted octanol–water partition coefficient (Wildman–Crippen LogP) is 3.28. The van der Waals surface area contributed by atoms with Crippen molar-refractivity contribution in [2.45, 2.75) is 51.5 Å². The molecule has 1 aromatic heterocycles. The molecule has 1 fully saturated rings. The maximum Gasteiger partial charge on any atom is 0.261 e. The Bertz CT molecular complexity index is 478. The van der Waals surface area contributed by atoms with E-state index in [-0.39, 0.29) is 11.9 Å². The fourth-order valence-electron chi connectivity index (χ4n) is 2.79. The van der Waals surface area contributed by atoms with Crippen LogP contribution in [0.5, 0.6) is 0 Å². The number of hydrogen-bond donors (Lipinski definition) is 2. The van der Waals surface area contributed by atoms with E-state index in [2.05, 4.69) is 12.2 Å². The molecule has 0 spiro atoms. The minimum atomic E-state index is -0.162. The fraction of sp³-hybridized carbons (Fsp3) is 0.600. The largest absolute Gasteiger partial charge is 0.392 e. The number of thiocarbonyl (C=S) groups is 1. The Morgan fingerprint density at radius 1 is 1.45 bits per heavy atom. The third kappa shape index (κ3) is 3.79. The minimum Gasteiger partial charge on any atom is -0.392 e. The highest BCUT2D eigenvalue weighted by molar-refractivity contribution is 7.80. The number of carbonyl (C=O) groups excluding carboxylic acids is 1. The van der Waals surface area contributed by atoms with Crippen LogP contribution in [-0.4, -0.2) is 16.9 Å². The molecule has 1 unspecified atom stereocenters. The molecule has 5 heteroatoms. The van der Waals surface area contributed by atoms with Crippen LogP contribution >= 0.6 is 23.6 Å². The first-order chi connectivity index (χ1) is 9.61. The monoisotopic (exact) mass is 310 g/mol. The van der Waals surface area contributed by atoms with Gasteiger partial charge in [-0.1, -0.05) is 38.4 Å². The topological polar surface area (TPSA) is 55.1 Å². The lowest BCUT2D eigenvalue weighted by atomic mass is 9.84. The van der Waals surface area contributed by atoms with Gasteiger partial charge in [0, 0.05) is 4.88 Å². The summed E-state index contributed by atoms with van der Waals surface area (Å²) < 4.78 is 0. The molecule has 0 aliphatic heterocycles. The molecule has 1 heterocycles. The summed E-state index contributed by atoms with van der Waals surface area (Å²) in [6, 6.07) is 3.73. The standard InChI is InChI=1S/C15H22N2OS2/c1-2-11-8-9-12(20-11)15(18)17-13(14(16)19)10-6-4-3-5-7-10/h8-10,13H,2-7H2,1H3,(H2,16,19)(H,17,18). The second-order valence-corrected chi connectivity index (χ2v) is 7.01. The van der Waals surface area contributed by atoms with Gasteiger partial charge in [-0.05, 0) is 37.3 Å². The average Bonchev–Trinajstić information content (AvgIpc) is 2.94. The van der Waals surface area contributed by atoms with E-state index in [0.29, 0.717) is 10.9 Å². The number of hydrogen-bond acceptors (Lipinski definition) is 3. The molecule has 110 valence electrons. The van der Waals surface area contributed by atoms with Gasteiger partial charge in [-0.25, -0.2) is 0 Å². The van der Waals surface area contributed by atoms with Gasteiger partial charge in [-0.15, -0.1) is 11.3 Å². The van der Waals surface area contributed by atoms with Gasteiger partial charge in [0.15, 0.2) is 0 Å². The Morgan fingerprint density at radius 3 is 2.70 bits per heavy atom. The first kappa shape index (κ1) is 15.4. The number of aryl methyl sites for hydroxylation is 1. The van der Waals surface area contributed by atoms with Crippen LogP contribution in [0.3, 0.4) is 0 Å². The van der Waals surface area contributed by atoms with Crippen molar-refractivity contribution >= 4 is 34.5 Å². The van der Waals surface area contributed by atoms with Crippen molar-refractivity contribution in [3.63, 3.8) is 0 Å². The first-order valence-electron chi connectivity index (χ1n) is 7.30. The molecule has 3 nitrogen and oxygen atoms in total. The fourth-order valence-corrected chi connectivity index (χ4v) is 3.89. The maximum atomic E-state index is 12.3. The van der Waals surface area contributed by atoms with Gasteiger partial charge >= 0.3 is 0 Å². The van der Waals surface area contributed by atoms with E-state index < -0.39 is 0 Å². The summed E-state index contributed by atoms with van der Waals surface area (Å²) in [4.78, 5) is 14.7. The van der Waals surface area contributed by atoms with Crippen molar-refractivity contribution in [1.82, 2.24) is 5.32 Å². The first-order valence-corrected chi connectivity index (χ1v) is 8.53. The van der Waals surface area contributed by atoms with E-state index in [1.807, 2.05) is 12.1 Å². The predicted molar refractivity (Wildman–Crippen MR) is 88.3 cm³/mol. The zero-order chi connectivity index (χ0) is 14.5. The van der Waals surface area contributed by atoms with Gasteiger partial charge in [0.05, 0.1) is 15.9 Å². The van der Waals surface area contributed by atoms with Crippen LogP contribution in [-0.2, 0) is 6.42 Å². The molecule has 1 aliphatic carbocycles. The Kier molecular flexibility index (Phi) is 5.54. The lowest BCUT2D eigenvalue weighted by Gasteiger charge is -2.30. The summed E-state index contributed by atoms with van der Waals surface area (Å²) in [6.45, 7) is 2.09. The summed E-state index contributed by atoms with van der Waals surface area (Å²) in [5, 5.41) is 3.05. The highest BCUT2D eigenvalue weighted by atomic mass is 32.1. The lowest BCUT2D eigenvalue weighted by molar-refractivity contribution is 0.0936. The quantitative estimate of drug-likeness (QED) is 0.821. The molecule has 0 saturated heterocycles. The molecule has 2 rings (SSSR count). The van der Waals surface area contributed by atoms with Crippen LogP contribution in [0.15, 0.2) is 12.1 Å². The van der Waals surface area contributed by atoms with Gasteiger partial charge in [0.25, 0.3) is 5.91 Å². The van der Waals surface area contributed by atoms with Crippen LogP contribution in [0.2, 0.25) is 0 Å². The van der Waals surface area contributed by atoms with Crippen LogP contribution < -0.4 is 11.1 Å². The van der Waals surface area contributed by atoms with Gasteiger partial charge in [-0.3, -0.25) is 4.79 Å². The van der Waals surface area contributed by atoms with Crippen LogP contribution in [0.4, 0.5) is 0 Å². The Labute approximate surface area is 129 Å². The summed E-state index contributed by atoms with van der Waals surface area (Å²) >= 11 is 6.71. The summed E-state index contributed by atoms with van der Waals surface area (Å²) in [5.74, 6) is 0.355. The second kappa shape index (κ2) is 7.18. The number of thiophene rings is 1. The second-order valence-electron chi connectivity index (χ2n) is 5.37. The van der Waals surface area contributed by atoms with E-state index >= 15 is 0 Å². The molecular formula is C15H22N2OS2. The third-order valence-electron chi connectivity index (χ3n) is 3.95. The molecule has 1 amide bonds.